The highest BCUT2D eigenvalue weighted by atomic mass is 16.6. The fourth-order valence-electron chi connectivity index (χ4n) is 2.54. The van der Waals surface area contributed by atoms with E-state index in [1.54, 1.807) is 30.3 Å². The Kier molecular flexibility index (Phi) is 3.54. The summed E-state index contributed by atoms with van der Waals surface area (Å²) < 4.78 is 10.2. The first-order valence-corrected chi connectivity index (χ1v) is 7.02. The zero-order chi connectivity index (χ0) is 15.7. The third-order valence-corrected chi connectivity index (χ3v) is 3.95. The molecule has 22 heavy (non-hydrogen) atoms. The number of hydrogen-bond donors (Lipinski definition) is 0. The number of epoxide rings is 1. The van der Waals surface area contributed by atoms with Gasteiger partial charge in [0.25, 0.3) is 0 Å². The number of methoxy groups -OCH3 is 1. The minimum absolute atomic E-state index is 0.0543. The molecule has 3 rings (SSSR count). The van der Waals surface area contributed by atoms with E-state index in [1.807, 2.05) is 31.2 Å². The molecule has 0 aliphatic carbocycles. The van der Waals surface area contributed by atoms with E-state index in [-0.39, 0.29) is 5.78 Å². The van der Waals surface area contributed by atoms with Gasteiger partial charge in [0.05, 0.1) is 7.11 Å². The summed E-state index contributed by atoms with van der Waals surface area (Å²) in [6, 6.07) is 16.3. The average Bonchev–Trinajstić information content (AvgIpc) is 3.28. The third-order valence-electron chi connectivity index (χ3n) is 3.95. The Morgan fingerprint density at radius 2 is 1.73 bits per heavy atom. The van der Waals surface area contributed by atoms with Gasteiger partial charge in [0, 0.05) is 11.1 Å². The Bertz CT molecular complexity index is 723. The van der Waals surface area contributed by atoms with Crippen molar-refractivity contribution in [3.8, 4) is 0 Å². The van der Waals surface area contributed by atoms with E-state index in [4.69, 9.17) is 9.47 Å². The van der Waals surface area contributed by atoms with Gasteiger partial charge in [0.1, 0.15) is 5.60 Å². The highest BCUT2D eigenvalue weighted by Crippen LogP contribution is 2.46. The lowest BCUT2D eigenvalue weighted by molar-refractivity contribution is -0.142. The molecule has 2 aromatic carbocycles. The minimum Gasteiger partial charge on any atom is -0.467 e. The molecule has 0 amide bonds. The number of carbonyl (C=O) groups excluding carboxylic acids is 2. The van der Waals surface area contributed by atoms with E-state index in [1.165, 1.54) is 7.11 Å². The molecule has 0 bridgehead atoms. The van der Waals surface area contributed by atoms with Crippen molar-refractivity contribution in [3.63, 3.8) is 0 Å². The third kappa shape index (κ3) is 2.42. The number of carbonyl (C=O) groups is 2. The Balaban J connectivity index is 1.89. The molecule has 4 heteroatoms. The van der Waals surface area contributed by atoms with Gasteiger partial charge in [0.2, 0.25) is 0 Å². The topological polar surface area (TPSA) is 55.9 Å². The van der Waals surface area contributed by atoms with Gasteiger partial charge < -0.3 is 9.47 Å². The molecular formula is C18H16O4. The van der Waals surface area contributed by atoms with Crippen LogP contribution in [0, 0.1) is 0 Å². The maximum absolute atomic E-state index is 12.5. The van der Waals surface area contributed by atoms with Crippen molar-refractivity contribution in [2.75, 3.05) is 7.11 Å². The molecule has 0 aromatic heterocycles. The summed E-state index contributed by atoms with van der Waals surface area (Å²) in [5, 5.41) is 0. The van der Waals surface area contributed by atoms with E-state index in [9.17, 15) is 9.59 Å². The molecule has 1 heterocycles. The van der Waals surface area contributed by atoms with Crippen molar-refractivity contribution in [1.82, 2.24) is 0 Å². The van der Waals surface area contributed by atoms with Gasteiger partial charge in [-0.25, -0.2) is 4.79 Å². The highest BCUT2D eigenvalue weighted by Gasteiger charge is 2.59. The fourth-order valence-corrected chi connectivity index (χ4v) is 2.54. The normalized spacial score (nSPS) is 22.9. The molecule has 0 radical (unpaired) electrons. The number of hydrogen-bond acceptors (Lipinski definition) is 4. The zero-order valence-electron chi connectivity index (χ0n) is 12.4. The molecular weight excluding hydrogens is 280 g/mol. The first kappa shape index (κ1) is 14.5. The number of ketones is 1. The van der Waals surface area contributed by atoms with E-state index < -0.39 is 17.7 Å². The van der Waals surface area contributed by atoms with Crippen LogP contribution in [0.15, 0.2) is 54.6 Å². The number of esters is 1. The molecule has 2 aromatic rings. The quantitative estimate of drug-likeness (QED) is 0.494. The number of ether oxygens (including phenoxy) is 2. The van der Waals surface area contributed by atoms with Crippen LogP contribution >= 0.6 is 0 Å². The summed E-state index contributed by atoms with van der Waals surface area (Å²) in [5.74, 6) is -0.455. The molecule has 0 saturated carbocycles. The molecule has 0 spiro atoms. The lowest BCUT2D eigenvalue weighted by Gasteiger charge is -2.09. The van der Waals surface area contributed by atoms with Gasteiger partial charge >= 0.3 is 5.97 Å². The predicted molar refractivity (Wildman–Crippen MR) is 80.6 cm³/mol. The van der Waals surface area contributed by atoms with Gasteiger partial charge in [-0.05, 0) is 18.6 Å². The molecule has 1 saturated heterocycles. The maximum Gasteiger partial charge on any atom is 0.338 e. The zero-order valence-corrected chi connectivity index (χ0v) is 12.4. The van der Waals surface area contributed by atoms with Crippen molar-refractivity contribution in [2.45, 2.75) is 18.6 Å². The second-order valence-corrected chi connectivity index (χ2v) is 5.40. The smallest absolute Gasteiger partial charge is 0.338 e. The van der Waals surface area contributed by atoms with Crippen LogP contribution in [0.5, 0.6) is 0 Å². The number of benzene rings is 2. The molecule has 0 N–H and O–H groups in total. The summed E-state index contributed by atoms with van der Waals surface area (Å²) in [6.45, 7) is 1.82. The molecule has 2 atom stereocenters. The van der Waals surface area contributed by atoms with Crippen molar-refractivity contribution >= 4 is 11.8 Å². The van der Waals surface area contributed by atoms with Crippen LogP contribution in [-0.2, 0) is 19.9 Å². The van der Waals surface area contributed by atoms with E-state index in [0.717, 1.165) is 5.56 Å². The average molecular weight is 296 g/mol. The van der Waals surface area contributed by atoms with Crippen molar-refractivity contribution < 1.29 is 19.1 Å². The summed E-state index contributed by atoms with van der Waals surface area (Å²) in [6.07, 6.45) is -0.612. The summed E-state index contributed by atoms with van der Waals surface area (Å²) >= 11 is 0. The van der Waals surface area contributed by atoms with Crippen LogP contribution in [-0.4, -0.2) is 25.0 Å². The van der Waals surface area contributed by atoms with Gasteiger partial charge in [-0.1, -0.05) is 48.5 Å². The maximum atomic E-state index is 12.5. The van der Waals surface area contributed by atoms with E-state index in [2.05, 4.69) is 0 Å². The van der Waals surface area contributed by atoms with Gasteiger partial charge in [-0.3, -0.25) is 4.79 Å². The lowest BCUT2D eigenvalue weighted by Crippen LogP contribution is -2.18. The van der Waals surface area contributed by atoms with Crippen LogP contribution in [0.1, 0.15) is 28.4 Å². The molecule has 1 fully saturated rings. The predicted octanol–water partition coefficient (Wildman–Crippen LogP) is 2.70. The first-order chi connectivity index (χ1) is 10.6. The summed E-state index contributed by atoms with van der Waals surface area (Å²) in [7, 11) is 1.33. The monoisotopic (exact) mass is 296 g/mol. The molecule has 1 aliphatic rings. The largest absolute Gasteiger partial charge is 0.467 e. The Hall–Kier alpha value is -2.46. The molecule has 2 unspecified atom stereocenters. The molecule has 112 valence electrons. The lowest BCUT2D eigenvalue weighted by atomic mass is 9.93. The summed E-state index contributed by atoms with van der Waals surface area (Å²) in [4.78, 5) is 24.1. The molecule has 4 nitrogen and oxygen atoms in total. The minimum atomic E-state index is -0.722. The Morgan fingerprint density at radius 1 is 1.05 bits per heavy atom. The fraction of sp³-hybridized carbons (Fsp3) is 0.222. The standard InChI is InChI=1S/C18H16O4/c1-18(16(22-18)17(20)21-2)14-10-6-9-13(11-14)15(19)12-7-4-3-5-8-12/h3-11,16H,1-2H3. The van der Waals surface area contributed by atoms with Crippen molar-refractivity contribution in [3.05, 3.63) is 71.3 Å². The SMILES string of the molecule is COC(=O)C1OC1(C)c1cccc(C(=O)c2ccccc2)c1. The Morgan fingerprint density at radius 3 is 2.41 bits per heavy atom. The van der Waals surface area contributed by atoms with Crippen LogP contribution < -0.4 is 0 Å². The highest BCUT2D eigenvalue weighted by molar-refractivity contribution is 6.09. The molecule has 1 aliphatic heterocycles. The van der Waals surface area contributed by atoms with Crippen molar-refractivity contribution in [1.29, 1.82) is 0 Å². The van der Waals surface area contributed by atoms with Crippen LogP contribution in [0.3, 0.4) is 0 Å². The Labute approximate surface area is 128 Å². The van der Waals surface area contributed by atoms with Crippen molar-refractivity contribution in [2.24, 2.45) is 0 Å². The second kappa shape index (κ2) is 5.39. The second-order valence-electron chi connectivity index (χ2n) is 5.40. The van der Waals surface area contributed by atoms with Gasteiger partial charge in [-0.15, -0.1) is 0 Å². The van der Waals surface area contributed by atoms with Crippen LogP contribution in [0.2, 0.25) is 0 Å². The number of rotatable bonds is 4. The van der Waals surface area contributed by atoms with Crippen LogP contribution in [0.4, 0.5) is 0 Å². The summed E-state index contributed by atoms with van der Waals surface area (Å²) in [5.41, 5.74) is 1.28. The van der Waals surface area contributed by atoms with Gasteiger partial charge in [0.15, 0.2) is 11.9 Å². The van der Waals surface area contributed by atoms with E-state index >= 15 is 0 Å². The first-order valence-electron chi connectivity index (χ1n) is 7.02. The van der Waals surface area contributed by atoms with Gasteiger partial charge in [-0.2, -0.15) is 0 Å². The van der Waals surface area contributed by atoms with Crippen LogP contribution in [0.25, 0.3) is 0 Å². The van der Waals surface area contributed by atoms with E-state index in [0.29, 0.717) is 11.1 Å².